The van der Waals surface area contributed by atoms with Crippen molar-refractivity contribution in [2.24, 2.45) is 7.05 Å². The minimum atomic E-state index is -0.464. The molecule has 0 aliphatic rings. The number of anilines is 1. The number of furan rings is 1. The second kappa shape index (κ2) is 7.91. The maximum Gasteiger partial charge on any atom is 0.278 e. The molecule has 4 rings (SSSR count). The summed E-state index contributed by atoms with van der Waals surface area (Å²) in [4.78, 5) is 40.4. The minimum Gasteiger partial charge on any atom is -0.458 e. The Morgan fingerprint density at radius 1 is 1.17 bits per heavy atom. The van der Waals surface area contributed by atoms with Gasteiger partial charge in [-0.2, -0.15) is 5.10 Å². The number of aryl methyl sites for hydroxylation is 1. The van der Waals surface area contributed by atoms with Crippen molar-refractivity contribution < 1.29 is 14.0 Å². The number of nitrogens with zero attached hydrogens (tertiary/aromatic N) is 3. The van der Waals surface area contributed by atoms with Gasteiger partial charge in [0.1, 0.15) is 11.5 Å². The number of carbonyl (C=O) groups excluding carboxylic acids is 2. The van der Waals surface area contributed by atoms with Crippen LogP contribution in [0.5, 0.6) is 0 Å². The molecule has 0 spiro atoms. The molecule has 30 heavy (non-hydrogen) atoms. The lowest BCUT2D eigenvalue weighted by molar-refractivity contribution is -0.119. The average molecular weight is 423 g/mol. The normalized spacial score (nSPS) is 10.9. The number of rotatable bonds is 5. The van der Waals surface area contributed by atoms with Gasteiger partial charge in [-0.05, 0) is 18.2 Å². The second-order valence-corrected chi connectivity index (χ2v) is 7.35. The number of benzene rings is 1. The topological polar surface area (TPSA) is 119 Å². The summed E-state index contributed by atoms with van der Waals surface area (Å²) in [5.41, 5.74) is 0.425. The molecule has 0 saturated carbocycles. The summed E-state index contributed by atoms with van der Waals surface area (Å²) in [6.45, 7) is 1.72. The molecule has 9 nitrogen and oxygen atoms in total. The van der Waals surface area contributed by atoms with Crippen molar-refractivity contribution >= 4 is 39.1 Å². The maximum absolute atomic E-state index is 12.8. The lowest BCUT2D eigenvalue weighted by Gasteiger charge is -2.07. The highest BCUT2D eigenvalue weighted by molar-refractivity contribution is 7.14. The molecule has 10 heteroatoms. The van der Waals surface area contributed by atoms with E-state index in [2.05, 4.69) is 20.7 Å². The van der Waals surface area contributed by atoms with Gasteiger partial charge in [0.2, 0.25) is 5.91 Å². The summed E-state index contributed by atoms with van der Waals surface area (Å²) in [5, 5.41) is 12.5. The molecule has 0 aliphatic heterocycles. The van der Waals surface area contributed by atoms with Crippen LogP contribution in [-0.2, 0) is 18.4 Å². The average Bonchev–Trinajstić information content (AvgIpc) is 3.38. The van der Waals surface area contributed by atoms with Gasteiger partial charge in [-0.15, -0.1) is 11.3 Å². The molecule has 0 aliphatic carbocycles. The molecule has 2 N–H and O–H groups in total. The van der Waals surface area contributed by atoms with Crippen molar-refractivity contribution in [2.75, 3.05) is 5.32 Å². The molecule has 0 fully saturated rings. The highest BCUT2D eigenvalue weighted by atomic mass is 32.1. The van der Waals surface area contributed by atoms with E-state index in [4.69, 9.17) is 4.42 Å². The summed E-state index contributed by atoms with van der Waals surface area (Å²) in [6, 6.07) is 10.3. The van der Waals surface area contributed by atoms with E-state index in [1.54, 1.807) is 41.8 Å². The molecular formula is C20H17N5O4S. The first-order chi connectivity index (χ1) is 14.4. The largest absolute Gasteiger partial charge is 0.458 e. The molecule has 4 aromatic rings. The van der Waals surface area contributed by atoms with Crippen LogP contribution in [0.1, 0.15) is 23.2 Å². The van der Waals surface area contributed by atoms with Gasteiger partial charge in [-0.3, -0.25) is 19.7 Å². The number of nitrogens with one attached hydrogen (secondary N) is 2. The maximum atomic E-state index is 12.8. The Morgan fingerprint density at radius 2 is 1.93 bits per heavy atom. The first kappa shape index (κ1) is 19.5. The fraction of sp³-hybridized carbons (Fsp3) is 0.150. The molecule has 2 amide bonds. The van der Waals surface area contributed by atoms with Crippen molar-refractivity contribution in [3.8, 4) is 11.5 Å². The molecule has 1 aromatic carbocycles. The molecule has 152 valence electrons. The first-order valence-electron chi connectivity index (χ1n) is 8.99. The fourth-order valence-electron chi connectivity index (χ4n) is 2.89. The van der Waals surface area contributed by atoms with Crippen LogP contribution in [0.15, 0.2) is 51.0 Å². The zero-order valence-corrected chi connectivity index (χ0v) is 16.9. The monoisotopic (exact) mass is 423 g/mol. The number of hydrogen-bond acceptors (Lipinski definition) is 7. The van der Waals surface area contributed by atoms with Gasteiger partial charge < -0.3 is 9.73 Å². The Bertz CT molecular complexity index is 1320. The second-order valence-electron chi connectivity index (χ2n) is 6.49. The predicted molar refractivity (Wildman–Crippen MR) is 112 cm³/mol. The number of amides is 2. The highest BCUT2D eigenvalue weighted by Crippen LogP contribution is 2.27. The van der Waals surface area contributed by atoms with Crippen LogP contribution < -0.4 is 16.2 Å². The van der Waals surface area contributed by atoms with Crippen LogP contribution >= 0.6 is 11.3 Å². The molecule has 0 radical (unpaired) electrons. The van der Waals surface area contributed by atoms with Gasteiger partial charge in [-0.1, -0.05) is 18.2 Å². The van der Waals surface area contributed by atoms with E-state index < -0.39 is 5.91 Å². The molecule has 3 heterocycles. The number of thiazole rings is 1. The van der Waals surface area contributed by atoms with Gasteiger partial charge in [0.25, 0.3) is 11.5 Å². The summed E-state index contributed by atoms with van der Waals surface area (Å²) >= 11 is 1.24. The molecule has 0 atom stereocenters. The summed E-state index contributed by atoms with van der Waals surface area (Å²) in [6.07, 6.45) is 0. The van der Waals surface area contributed by atoms with E-state index in [1.807, 2.05) is 0 Å². The molecule has 0 unspecified atom stereocenters. The van der Waals surface area contributed by atoms with Crippen LogP contribution in [0.3, 0.4) is 0 Å². The van der Waals surface area contributed by atoms with E-state index in [0.29, 0.717) is 33.1 Å². The van der Waals surface area contributed by atoms with Crippen molar-refractivity contribution in [3.63, 3.8) is 0 Å². The van der Waals surface area contributed by atoms with Gasteiger partial charge in [0.05, 0.1) is 11.9 Å². The van der Waals surface area contributed by atoms with E-state index in [0.717, 1.165) is 4.68 Å². The first-order valence-corrected chi connectivity index (χ1v) is 9.87. The lowest BCUT2D eigenvalue weighted by atomic mass is 10.1. The summed E-state index contributed by atoms with van der Waals surface area (Å²) in [7, 11) is 1.50. The van der Waals surface area contributed by atoms with Crippen LogP contribution in [0.4, 0.5) is 5.13 Å². The predicted octanol–water partition coefficient (Wildman–Crippen LogP) is 2.54. The van der Waals surface area contributed by atoms with Gasteiger partial charge >= 0.3 is 0 Å². The van der Waals surface area contributed by atoms with E-state index in [1.165, 1.54) is 25.3 Å². The number of carbonyl (C=O) groups is 2. The number of aromatic nitrogens is 3. The standard InChI is InChI=1S/C20H17N5O4S/c1-11(26)21-9-12-7-8-16(29-12)15-10-30-20(22-15)23-18(27)17-13-5-3-4-6-14(13)19(28)25(2)24-17/h3-8,10H,9H2,1-2H3,(H,21,26)(H,22,23,27). The smallest absolute Gasteiger partial charge is 0.278 e. The Hall–Kier alpha value is -3.79. The highest BCUT2D eigenvalue weighted by Gasteiger charge is 2.18. The molecule has 3 aromatic heterocycles. The van der Waals surface area contributed by atoms with Crippen LogP contribution in [-0.4, -0.2) is 26.6 Å². The summed E-state index contributed by atoms with van der Waals surface area (Å²) in [5.74, 6) is 0.511. The molecular weight excluding hydrogens is 406 g/mol. The van der Waals surface area contributed by atoms with Crippen molar-refractivity contribution in [1.82, 2.24) is 20.1 Å². The Labute approximate surface area is 174 Å². The van der Waals surface area contributed by atoms with Crippen molar-refractivity contribution in [3.05, 3.63) is 63.6 Å². The molecule has 0 saturated heterocycles. The van der Waals surface area contributed by atoms with Gasteiger partial charge in [-0.25, -0.2) is 9.67 Å². The van der Waals surface area contributed by atoms with Gasteiger partial charge in [0, 0.05) is 24.7 Å². The third kappa shape index (κ3) is 3.85. The summed E-state index contributed by atoms with van der Waals surface area (Å²) < 4.78 is 6.82. The molecule has 0 bridgehead atoms. The van der Waals surface area contributed by atoms with Crippen LogP contribution in [0.2, 0.25) is 0 Å². The number of hydrogen-bond donors (Lipinski definition) is 2. The zero-order chi connectivity index (χ0) is 21.3. The fourth-order valence-corrected chi connectivity index (χ4v) is 3.59. The minimum absolute atomic E-state index is 0.139. The van der Waals surface area contributed by atoms with Crippen molar-refractivity contribution in [1.29, 1.82) is 0 Å². The van der Waals surface area contributed by atoms with Crippen LogP contribution in [0.25, 0.3) is 22.2 Å². The number of fused-ring (bicyclic) bond motifs is 1. The Morgan fingerprint density at radius 3 is 2.70 bits per heavy atom. The van der Waals surface area contributed by atoms with E-state index >= 15 is 0 Å². The van der Waals surface area contributed by atoms with E-state index in [-0.39, 0.29) is 23.7 Å². The third-order valence-electron chi connectivity index (χ3n) is 4.32. The van der Waals surface area contributed by atoms with E-state index in [9.17, 15) is 14.4 Å². The quantitative estimate of drug-likeness (QED) is 0.509. The van der Waals surface area contributed by atoms with Gasteiger partial charge in [0.15, 0.2) is 16.6 Å². The Kier molecular flexibility index (Phi) is 5.15. The third-order valence-corrected chi connectivity index (χ3v) is 5.08. The van der Waals surface area contributed by atoms with Crippen LogP contribution in [0, 0.1) is 0 Å². The SMILES string of the molecule is CC(=O)NCc1ccc(-c2csc(NC(=O)c3nn(C)c(=O)c4ccccc34)n2)o1. The zero-order valence-electron chi connectivity index (χ0n) is 16.1. The Balaban J connectivity index is 1.56. The van der Waals surface area contributed by atoms with Crippen molar-refractivity contribution in [2.45, 2.75) is 13.5 Å². The lowest BCUT2D eigenvalue weighted by Crippen LogP contribution is -2.25.